The lowest BCUT2D eigenvalue weighted by Gasteiger charge is -2.13. The van der Waals surface area contributed by atoms with E-state index in [1.54, 1.807) is 0 Å². The molecule has 0 amide bonds. The van der Waals surface area contributed by atoms with Crippen LogP contribution in [0, 0.1) is 0 Å². The highest BCUT2D eigenvalue weighted by Gasteiger charge is 2.34. The third kappa shape index (κ3) is 3.49. The average Bonchev–Trinajstić information content (AvgIpc) is 3.50. The average molecular weight is 498 g/mol. The number of pyridine rings is 1. The van der Waals surface area contributed by atoms with Gasteiger partial charge in [0.05, 0.1) is 11.0 Å². The van der Waals surface area contributed by atoms with Crippen molar-refractivity contribution >= 4 is 45.0 Å². The summed E-state index contributed by atoms with van der Waals surface area (Å²) in [6.07, 6.45) is 1.87. The van der Waals surface area contributed by atoms with Crippen molar-refractivity contribution in [2.24, 2.45) is 0 Å². The first-order valence-electron chi connectivity index (χ1n) is 13.3. The van der Waals surface area contributed by atoms with Crippen LogP contribution in [-0.2, 0) is 0 Å². The van der Waals surface area contributed by atoms with Crippen molar-refractivity contribution in [3.63, 3.8) is 0 Å². The molecule has 1 aliphatic rings. The van der Waals surface area contributed by atoms with Crippen LogP contribution in [0.2, 0.25) is 0 Å². The monoisotopic (exact) mass is 498 g/mol. The summed E-state index contributed by atoms with van der Waals surface area (Å²) in [4.78, 5) is 4.72. The Bertz CT molecular complexity index is 1960. The maximum atomic E-state index is 6.52. The third-order valence-electron chi connectivity index (χ3n) is 7.77. The van der Waals surface area contributed by atoms with Crippen LogP contribution in [0.4, 0.5) is 0 Å². The molecule has 0 fully saturated rings. The maximum absolute atomic E-state index is 6.52. The van der Waals surface area contributed by atoms with Crippen molar-refractivity contribution in [2.75, 3.05) is 0 Å². The largest absolute Gasteiger partial charge is 0.457 e. The van der Waals surface area contributed by atoms with Crippen molar-refractivity contribution in [1.82, 2.24) is 9.55 Å². The van der Waals surface area contributed by atoms with Gasteiger partial charge in [0.1, 0.15) is 11.5 Å². The summed E-state index contributed by atoms with van der Waals surface area (Å²) >= 11 is 0. The lowest BCUT2D eigenvalue weighted by molar-refractivity contribution is 0.483. The first-order chi connectivity index (χ1) is 19.3. The highest BCUT2D eigenvalue weighted by molar-refractivity contribution is 6.98. The second-order valence-corrected chi connectivity index (χ2v) is 9.99. The molecular weight excluding hydrogens is 475 g/mol. The van der Waals surface area contributed by atoms with E-state index in [2.05, 4.69) is 126 Å². The number of hydrogen-bond donors (Lipinski definition) is 0. The fourth-order valence-electron chi connectivity index (χ4n) is 6.14. The molecule has 3 heterocycles. The van der Waals surface area contributed by atoms with Gasteiger partial charge in [0, 0.05) is 34.3 Å². The van der Waals surface area contributed by atoms with Gasteiger partial charge in [-0.05, 0) is 59.7 Å². The van der Waals surface area contributed by atoms with Gasteiger partial charge in [-0.15, -0.1) is 0 Å². The number of nitrogens with zero attached hydrogens (tertiary/aromatic N) is 2. The SMILES string of the molecule is c1ccc(B2c3ccccc3-c3ccc(Oc4cccc(-n5c6ccccc6c6ccccc65)c4)cc32)nc1. The third-order valence-corrected chi connectivity index (χ3v) is 7.77. The topological polar surface area (TPSA) is 27.1 Å². The molecule has 0 atom stereocenters. The summed E-state index contributed by atoms with van der Waals surface area (Å²) in [5.74, 6) is 1.63. The number of hydrogen-bond acceptors (Lipinski definition) is 2. The van der Waals surface area contributed by atoms with Gasteiger partial charge < -0.3 is 9.30 Å². The molecule has 0 saturated heterocycles. The second kappa shape index (κ2) is 8.75. The molecule has 39 heavy (non-hydrogen) atoms. The predicted molar refractivity (Wildman–Crippen MR) is 162 cm³/mol. The van der Waals surface area contributed by atoms with E-state index in [0.717, 1.165) is 22.8 Å². The van der Waals surface area contributed by atoms with Crippen LogP contribution in [0.3, 0.4) is 0 Å². The standard InChI is InChI=1S/C35H23BN2O/c1-4-15-31-27(12-1)28-20-19-26(23-32(28)36(31)35-18-7-8-21-37-35)39-25-11-9-10-24(22-25)38-33-16-5-2-13-29(33)30-14-3-6-17-34(30)38/h1-23H. The fraction of sp³-hybridized carbons (Fsp3) is 0. The summed E-state index contributed by atoms with van der Waals surface area (Å²) < 4.78 is 8.83. The normalized spacial score (nSPS) is 12.1. The van der Waals surface area contributed by atoms with Crippen molar-refractivity contribution in [1.29, 1.82) is 0 Å². The van der Waals surface area contributed by atoms with E-state index in [1.807, 2.05) is 18.3 Å². The van der Waals surface area contributed by atoms with Gasteiger partial charge in [-0.1, -0.05) is 89.8 Å². The first kappa shape index (κ1) is 21.9. The van der Waals surface area contributed by atoms with Crippen LogP contribution < -0.4 is 21.3 Å². The molecule has 5 aromatic carbocycles. The Hall–Kier alpha value is -5.09. The summed E-state index contributed by atoms with van der Waals surface area (Å²) in [5.41, 5.74) is 9.52. The van der Waals surface area contributed by atoms with E-state index in [0.29, 0.717) is 0 Å². The molecular formula is C35H23BN2O. The summed E-state index contributed by atoms with van der Waals surface area (Å²) in [6, 6.07) is 46.7. The zero-order valence-electron chi connectivity index (χ0n) is 21.2. The molecule has 0 N–H and O–H groups in total. The summed E-state index contributed by atoms with van der Waals surface area (Å²) in [6.45, 7) is 0.0879. The van der Waals surface area contributed by atoms with Crippen LogP contribution in [0.1, 0.15) is 0 Å². The van der Waals surface area contributed by atoms with Crippen LogP contribution in [-0.4, -0.2) is 16.3 Å². The lowest BCUT2D eigenvalue weighted by Crippen LogP contribution is -2.50. The van der Waals surface area contributed by atoms with Crippen molar-refractivity contribution in [3.05, 3.63) is 140 Å². The van der Waals surface area contributed by atoms with Gasteiger partial charge in [-0.25, -0.2) is 0 Å². The van der Waals surface area contributed by atoms with E-state index < -0.39 is 0 Å². The number of ether oxygens (including phenoxy) is 1. The van der Waals surface area contributed by atoms with E-state index >= 15 is 0 Å². The number of rotatable bonds is 4. The van der Waals surface area contributed by atoms with Gasteiger partial charge in [-0.3, -0.25) is 4.98 Å². The molecule has 3 nitrogen and oxygen atoms in total. The van der Waals surface area contributed by atoms with Crippen LogP contribution in [0.5, 0.6) is 11.5 Å². The van der Waals surface area contributed by atoms with Crippen LogP contribution in [0.15, 0.2) is 140 Å². The molecule has 1 aliphatic heterocycles. The Kier molecular flexibility index (Phi) is 4.92. The molecule has 8 rings (SSSR count). The number of fused-ring (bicyclic) bond motifs is 6. The van der Waals surface area contributed by atoms with Gasteiger partial charge in [0.25, 0.3) is 6.71 Å². The van der Waals surface area contributed by atoms with Crippen molar-refractivity contribution < 1.29 is 4.74 Å². The predicted octanol–water partition coefficient (Wildman–Crippen LogP) is 6.47. The summed E-state index contributed by atoms with van der Waals surface area (Å²) in [7, 11) is 0. The lowest BCUT2D eigenvalue weighted by atomic mass is 9.40. The van der Waals surface area contributed by atoms with E-state index in [-0.39, 0.29) is 6.71 Å². The highest BCUT2D eigenvalue weighted by Crippen LogP contribution is 2.34. The molecule has 7 aromatic rings. The van der Waals surface area contributed by atoms with Crippen molar-refractivity contribution in [3.8, 4) is 28.3 Å². The van der Waals surface area contributed by atoms with E-state index in [1.165, 1.54) is 43.9 Å². The summed E-state index contributed by atoms with van der Waals surface area (Å²) in [5, 5.41) is 2.50. The van der Waals surface area contributed by atoms with Crippen LogP contribution in [0.25, 0.3) is 38.6 Å². The highest BCUT2D eigenvalue weighted by atomic mass is 16.5. The Morgan fingerprint density at radius 1 is 0.538 bits per heavy atom. The maximum Gasteiger partial charge on any atom is 0.266 e. The fourth-order valence-corrected chi connectivity index (χ4v) is 6.14. The number of aromatic nitrogens is 2. The number of benzene rings is 5. The van der Waals surface area contributed by atoms with Gasteiger partial charge in [0.2, 0.25) is 0 Å². The Morgan fingerprint density at radius 3 is 2.03 bits per heavy atom. The van der Waals surface area contributed by atoms with E-state index in [4.69, 9.17) is 9.72 Å². The van der Waals surface area contributed by atoms with Gasteiger partial charge in [0.15, 0.2) is 0 Å². The minimum absolute atomic E-state index is 0.0879. The van der Waals surface area contributed by atoms with Crippen molar-refractivity contribution in [2.45, 2.75) is 0 Å². The Morgan fingerprint density at radius 2 is 1.23 bits per heavy atom. The van der Waals surface area contributed by atoms with Gasteiger partial charge in [-0.2, -0.15) is 0 Å². The minimum atomic E-state index is 0.0879. The Labute approximate surface area is 227 Å². The van der Waals surface area contributed by atoms with Crippen LogP contribution >= 0.6 is 0 Å². The molecule has 0 unspecified atom stereocenters. The smallest absolute Gasteiger partial charge is 0.266 e. The molecule has 0 radical (unpaired) electrons. The zero-order chi connectivity index (χ0) is 25.8. The molecule has 0 saturated carbocycles. The molecule has 0 aliphatic carbocycles. The molecule has 2 aromatic heterocycles. The molecule has 0 spiro atoms. The van der Waals surface area contributed by atoms with Gasteiger partial charge >= 0.3 is 0 Å². The molecule has 182 valence electrons. The first-order valence-corrected chi connectivity index (χ1v) is 13.3. The quantitative estimate of drug-likeness (QED) is 0.260. The minimum Gasteiger partial charge on any atom is -0.457 e. The molecule has 0 bridgehead atoms. The van der Waals surface area contributed by atoms with E-state index in [9.17, 15) is 0 Å². The zero-order valence-corrected chi connectivity index (χ0v) is 21.2. The number of para-hydroxylation sites is 2. The molecule has 4 heteroatoms. The Balaban J connectivity index is 1.21. The second-order valence-electron chi connectivity index (χ2n) is 9.99.